The van der Waals surface area contributed by atoms with E-state index in [-0.39, 0.29) is 48.8 Å². The number of alkyl halides is 3. The van der Waals surface area contributed by atoms with Crippen LogP contribution in [0.2, 0.25) is 0 Å². The molecule has 2 heterocycles. The first kappa shape index (κ1) is 24.8. The molecule has 1 aromatic carbocycles. The molecule has 1 aliphatic carbocycles. The Hall–Kier alpha value is -3.29. The van der Waals surface area contributed by atoms with Crippen LogP contribution < -0.4 is 19.7 Å². The molecule has 10 nitrogen and oxygen atoms in total. The summed E-state index contributed by atoms with van der Waals surface area (Å²) in [7, 11) is 1.39. The van der Waals surface area contributed by atoms with Crippen LogP contribution >= 0.6 is 0 Å². The zero-order valence-corrected chi connectivity index (χ0v) is 18.8. The second kappa shape index (κ2) is 10.1. The van der Waals surface area contributed by atoms with Crippen molar-refractivity contribution in [2.24, 2.45) is 5.92 Å². The molecule has 1 aliphatic heterocycles. The lowest BCUT2D eigenvalue weighted by Gasteiger charge is -2.41. The van der Waals surface area contributed by atoms with E-state index >= 15 is 0 Å². The van der Waals surface area contributed by atoms with Gasteiger partial charge in [-0.25, -0.2) is 9.18 Å². The number of amides is 2. The Kier molecular flexibility index (Phi) is 7.19. The van der Waals surface area contributed by atoms with Crippen molar-refractivity contribution in [2.45, 2.75) is 44.3 Å². The third-order valence-electron chi connectivity index (χ3n) is 5.87. The van der Waals surface area contributed by atoms with Crippen LogP contribution in [0.5, 0.6) is 11.8 Å². The first-order chi connectivity index (χ1) is 16.7. The number of carbonyl (C=O) groups excluding carboxylic acids is 1. The molecule has 1 aromatic heterocycles. The number of hydrogen-bond donors (Lipinski definition) is 2. The minimum atomic E-state index is -4.93. The van der Waals surface area contributed by atoms with Gasteiger partial charge in [-0.1, -0.05) is 16.3 Å². The third-order valence-corrected chi connectivity index (χ3v) is 5.87. The van der Waals surface area contributed by atoms with Gasteiger partial charge in [0, 0.05) is 49.8 Å². The summed E-state index contributed by atoms with van der Waals surface area (Å²) in [5.41, 5.74) is 0.0140. The van der Waals surface area contributed by atoms with E-state index in [2.05, 4.69) is 20.3 Å². The smallest absolute Gasteiger partial charge is 0.452 e. The molecule has 2 amide bonds. The van der Waals surface area contributed by atoms with Crippen molar-refractivity contribution in [3.63, 3.8) is 0 Å². The van der Waals surface area contributed by atoms with E-state index in [1.807, 2.05) is 0 Å². The molecule has 1 saturated heterocycles. The lowest BCUT2D eigenvalue weighted by molar-refractivity contribution is -0.274. The summed E-state index contributed by atoms with van der Waals surface area (Å²) in [6.07, 6.45) is -2.78. The highest BCUT2D eigenvalue weighted by atomic mass is 19.4. The van der Waals surface area contributed by atoms with Gasteiger partial charge in [0.15, 0.2) is 0 Å². The van der Waals surface area contributed by atoms with E-state index in [1.165, 1.54) is 7.11 Å². The van der Waals surface area contributed by atoms with Crippen LogP contribution in [0.15, 0.2) is 22.6 Å². The van der Waals surface area contributed by atoms with E-state index < -0.39 is 24.0 Å². The maximum atomic E-state index is 14.3. The van der Waals surface area contributed by atoms with E-state index in [0.29, 0.717) is 25.6 Å². The zero-order valence-electron chi connectivity index (χ0n) is 18.8. The summed E-state index contributed by atoms with van der Waals surface area (Å²) < 4.78 is 65.4. The van der Waals surface area contributed by atoms with Crippen molar-refractivity contribution in [1.29, 1.82) is 0 Å². The number of piperidine rings is 1. The van der Waals surface area contributed by atoms with Gasteiger partial charge in [0.05, 0.1) is 13.2 Å². The van der Waals surface area contributed by atoms with Gasteiger partial charge in [-0.05, 0) is 25.3 Å². The highest BCUT2D eigenvalue weighted by Gasteiger charge is 2.42. The van der Waals surface area contributed by atoms with Gasteiger partial charge in [-0.2, -0.15) is 0 Å². The molecule has 0 radical (unpaired) electrons. The molecule has 2 aliphatic rings. The monoisotopic (exact) mass is 503 g/mol. The maximum Gasteiger partial charge on any atom is 0.573 e. The first-order valence-corrected chi connectivity index (χ1v) is 11.0. The number of urea groups is 1. The van der Waals surface area contributed by atoms with E-state index in [4.69, 9.17) is 9.15 Å². The Morgan fingerprint density at radius 3 is 2.66 bits per heavy atom. The van der Waals surface area contributed by atoms with Crippen molar-refractivity contribution >= 4 is 12.0 Å². The molecule has 35 heavy (non-hydrogen) atoms. The molecule has 4 rings (SSSR count). The van der Waals surface area contributed by atoms with Gasteiger partial charge >= 0.3 is 24.5 Å². The Morgan fingerprint density at radius 2 is 2.06 bits per heavy atom. The molecule has 1 saturated carbocycles. The van der Waals surface area contributed by atoms with Crippen molar-refractivity contribution in [2.75, 3.05) is 31.7 Å². The van der Waals surface area contributed by atoms with Crippen LogP contribution in [0.25, 0.3) is 0 Å². The summed E-state index contributed by atoms with van der Waals surface area (Å²) in [6, 6.07) is 2.21. The molecule has 2 aromatic rings. The van der Waals surface area contributed by atoms with E-state index in [0.717, 1.165) is 25.0 Å². The molecule has 14 heteroatoms. The Balaban J connectivity index is 1.43. The Labute approximate surface area is 197 Å². The quantitative estimate of drug-likeness (QED) is 0.529. The third kappa shape index (κ3) is 6.24. The molecular formula is C21H25F4N5O5. The molecule has 2 N–H and O–H groups in total. The Morgan fingerprint density at radius 1 is 1.29 bits per heavy atom. The standard InChI is InChI=1S/C21H25F4N5O5/c1-33-20-28-27-19(34-20)29-9-12(11-31)6-15(10-29)30(14-3-4-14)18(32)26-8-13-2-5-16(7-17(13)22)35-21(23,24)25/h2,5,7,12,14-15,31H,3-4,6,8-11H2,1H3,(H,26,32). The predicted octanol–water partition coefficient (Wildman–Crippen LogP) is 2.68. The van der Waals surface area contributed by atoms with Crippen LogP contribution in [0.3, 0.4) is 0 Å². The number of halogens is 4. The van der Waals surface area contributed by atoms with Crippen LogP contribution in [-0.4, -0.2) is 71.5 Å². The summed E-state index contributed by atoms with van der Waals surface area (Å²) in [4.78, 5) is 16.6. The highest BCUT2D eigenvalue weighted by Crippen LogP contribution is 2.34. The number of aliphatic hydroxyl groups excluding tert-OH is 1. The number of methoxy groups -OCH3 is 1. The number of rotatable bonds is 8. The molecule has 2 unspecified atom stereocenters. The minimum Gasteiger partial charge on any atom is -0.452 e. The molecule has 192 valence electrons. The summed E-state index contributed by atoms with van der Waals surface area (Å²) in [5, 5.41) is 20.2. The number of aliphatic hydroxyl groups is 1. The van der Waals surface area contributed by atoms with Gasteiger partial charge < -0.3 is 34.1 Å². The SMILES string of the molecule is COc1nnc(N2CC(CO)CC(N(C(=O)NCc3ccc(OC(F)(F)F)cc3F)C3CC3)C2)o1. The van der Waals surface area contributed by atoms with Gasteiger partial charge in [-0.3, -0.25) is 0 Å². The number of hydrogen-bond acceptors (Lipinski definition) is 8. The van der Waals surface area contributed by atoms with Crippen LogP contribution in [0, 0.1) is 11.7 Å². The maximum absolute atomic E-state index is 14.3. The second-order valence-corrected chi connectivity index (χ2v) is 8.50. The van der Waals surface area contributed by atoms with E-state index in [9.17, 15) is 27.5 Å². The number of nitrogens with zero attached hydrogens (tertiary/aromatic N) is 4. The van der Waals surface area contributed by atoms with Crippen molar-refractivity contribution in [3.8, 4) is 11.8 Å². The van der Waals surface area contributed by atoms with Crippen LogP contribution in [0.4, 0.5) is 28.4 Å². The first-order valence-electron chi connectivity index (χ1n) is 11.0. The lowest BCUT2D eigenvalue weighted by Crippen LogP contribution is -2.56. The number of nitrogens with one attached hydrogen (secondary N) is 1. The molecule has 2 atom stereocenters. The fourth-order valence-corrected chi connectivity index (χ4v) is 4.19. The average molecular weight is 503 g/mol. The average Bonchev–Trinajstić information content (AvgIpc) is 3.51. The summed E-state index contributed by atoms with van der Waals surface area (Å²) in [6.45, 7) is 0.510. The molecule has 2 fully saturated rings. The van der Waals surface area contributed by atoms with E-state index in [1.54, 1.807) is 9.80 Å². The summed E-state index contributed by atoms with van der Waals surface area (Å²) in [5.74, 6) is -1.77. The fraction of sp³-hybridized carbons (Fsp3) is 0.571. The van der Waals surface area contributed by atoms with Crippen LogP contribution in [-0.2, 0) is 6.54 Å². The number of benzene rings is 1. The number of carbonyl (C=O) groups is 1. The van der Waals surface area contributed by atoms with Crippen LogP contribution in [0.1, 0.15) is 24.8 Å². The van der Waals surface area contributed by atoms with Crippen molar-refractivity contribution in [3.05, 3.63) is 29.6 Å². The van der Waals surface area contributed by atoms with Gasteiger partial charge in [0.1, 0.15) is 11.6 Å². The van der Waals surface area contributed by atoms with Gasteiger partial charge in [-0.15, -0.1) is 13.2 Å². The highest BCUT2D eigenvalue weighted by molar-refractivity contribution is 5.75. The van der Waals surface area contributed by atoms with Gasteiger partial charge in [0.2, 0.25) is 0 Å². The lowest BCUT2D eigenvalue weighted by atomic mass is 9.94. The fourth-order valence-electron chi connectivity index (χ4n) is 4.19. The largest absolute Gasteiger partial charge is 0.573 e. The minimum absolute atomic E-state index is 0.00635. The zero-order chi connectivity index (χ0) is 25.2. The molecular weight excluding hydrogens is 478 g/mol. The topological polar surface area (TPSA) is 113 Å². The summed E-state index contributed by atoms with van der Waals surface area (Å²) >= 11 is 0. The number of aromatic nitrogens is 2. The Bertz CT molecular complexity index is 1030. The molecule has 0 spiro atoms. The van der Waals surface area contributed by atoms with Crippen molar-refractivity contribution in [1.82, 2.24) is 20.4 Å². The molecule has 0 bridgehead atoms. The van der Waals surface area contributed by atoms with Crippen molar-refractivity contribution < 1.29 is 41.4 Å². The second-order valence-electron chi connectivity index (χ2n) is 8.50. The number of ether oxygens (including phenoxy) is 2. The number of anilines is 1. The normalized spacial score (nSPS) is 20.5. The van der Waals surface area contributed by atoms with Gasteiger partial charge in [0.25, 0.3) is 0 Å². The predicted molar refractivity (Wildman–Crippen MR) is 112 cm³/mol.